The van der Waals surface area contributed by atoms with Crippen LogP contribution >= 0.6 is 0 Å². The fourth-order valence-electron chi connectivity index (χ4n) is 2.86. The van der Waals surface area contributed by atoms with E-state index in [0.29, 0.717) is 0 Å². The minimum Gasteiger partial charge on any atom is -0.337 e. The molecule has 0 saturated carbocycles. The van der Waals surface area contributed by atoms with Gasteiger partial charge in [-0.3, -0.25) is 0 Å². The van der Waals surface area contributed by atoms with E-state index in [2.05, 4.69) is 72.7 Å². The molecular formula is C20H21N. The molecule has 106 valence electrons. The van der Waals surface area contributed by atoms with E-state index in [4.69, 9.17) is 0 Å². The van der Waals surface area contributed by atoms with Crippen LogP contribution in [0.15, 0.2) is 61.2 Å². The molecule has 0 aliphatic heterocycles. The van der Waals surface area contributed by atoms with Gasteiger partial charge in [0.2, 0.25) is 0 Å². The number of hydrogen-bond acceptors (Lipinski definition) is 0. The molecule has 0 fully saturated rings. The number of fused-ring (bicyclic) bond motifs is 1. The van der Waals surface area contributed by atoms with E-state index in [1.807, 2.05) is 6.08 Å². The van der Waals surface area contributed by atoms with E-state index in [9.17, 15) is 0 Å². The SMILES string of the molecule is C=Cc1cc2ccccc2n1Cc1ccc(CCC)cc1. The Morgan fingerprint density at radius 3 is 2.43 bits per heavy atom. The van der Waals surface area contributed by atoms with Crippen molar-refractivity contribution in [3.05, 3.63) is 78.0 Å². The lowest BCUT2D eigenvalue weighted by Crippen LogP contribution is -2.01. The first-order valence-corrected chi connectivity index (χ1v) is 7.60. The van der Waals surface area contributed by atoms with E-state index >= 15 is 0 Å². The maximum atomic E-state index is 3.95. The number of hydrogen-bond donors (Lipinski definition) is 0. The highest BCUT2D eigenvalue weighted by Crippen LogP contribution is 2.22. The Balaban J connectivity index is 1.95. The molecule has 0 bridgehead atoms. The summed E-state index contributed by atoms with van der Waals surface area (Å²) < 4.78 is 2.33. The van der Waals surface area contributed by atoms with Crippen LogP contribution in [0.4, 0.5) is 0 Å². The first kappa shape index (κ1) is 13.7. The molecule has 1 heterocycles. The van der Waals surface area contributed by atoms with Crippen molar-refractivity contribution in [3.8, 4) is 0 Å². The second-order valence-corrected chi connectivity index (χ2v) is 5.48. The largest absolute Gasteiger partial charge is 0.337 e. The molecule has 0 aliphatic rings. The third-order valence-corrected chi connectivity index (χ3v) is 3.95. The average molecular weight is 275 g/mol. The Kier molecular flexibility index (Phi) is 3.92. The van der Waals surface area contributed by atoms with Gasteiger partial charge in [-0.1, -0.05) is 62.4 Å². The van der Waals surface area contributed by atoms with Crippen molar-refractivity contribution in [2.75, 3.05) is 0 Å². The number of rotatable bonds is 5. The standard InChI is InChI=1S/C20H21N/c1-3-7-16-10-12-17(13-11-16)15-21-19(4-2)14-18-8-5-6-9-20(18)21/h4-6,8-14H,2-3,7,15H2,1H3. The molecule has 0 spiro atoms. The third kappa shape index (κ3) is 2.78. The lowest BCUT2D eigenvalue weighted by Gasteiger charge is -2.09. The van der Waals surface area contributed by atoms with Crippen LogP contribution < -0.4 is 0 Å². The fourth-order valence-corrected chi connectivity index (χ4v) is 2.86. The first-order valence-electron chi connectivity index (χ1n) is 7.60. The Hall–Kier alpha value is -2.28. The molecular weight excluding hydrogens is 254 g/mol. The molecule has 0 saturated heterocycles. The second-order valence-electron chi connectivity index (χ2n) is 5.48. The highest BCUT2D eigenvalue weighted by atomic mass is 15.0. The zero-order valence-electron chi connectivity index (χ0n) is 12.5. The maximum Gasteiger partial charge on any atom is 0.0488 e. The maximum absolute atomic E-state index is 3.95. The number of para-hydroxylation sites is 1. The molecule has 0 unspecified atom stereocenters. The summed E-state index contributed by atoms with van der Waals surface area (Å²) in [5.41, 5.74) is 5.20. The molecule has 1 aromatic heterocycles. The van der Waals surface area contributed by atoms with Gasteiger partial charge in [-0.05, 0) is 35.8 Å². The normalized spacial score (nSPS) is 10.9. The zero-order chi connectivity index (χ0) is 14.7. The molecule has 2 aromatic carbocycles. The number of aromatic nitrogens is 1. The van der Waals surface area contributed by atoms with Gasteiger partial charge in [0.25, 0.3) is 0 Å². The van der Waals surface area contributed by atoms with Crippen molar-refractivity contribution in [2.45, 2.75) is 26.3 Å². The van der Waals surface area contributed by atoms with Crippen LogP contribution in [0.2, 0.25) is 0 Å². The smallest absolute Gasteiger partial charge is 0.0488 e. The minimum atomic E-state index is 0.890. The molecule has 0 radical (unpaired) electrons. The molecule has 3 aromatic rings. The van der Waals surface area contributed by atoms with Gasteiger partial charge in [-0.25, -0.2) is 0 Å². The number of nitrogens with zero attached hydrogens (tertiary/aromatic N) is 1. The highest BCUT2D eigenvalue weighted by Gasteiger charge is 2.06. The molecule has 0 atom stereocenters. The molecule has 21 heavy (non-hydrogen) atoms. The lowest BCUT2D eigenvalue weighted by molar-refractivity contribution is 0.825. The Morgan fingerprint density at radius 2 is 1.71 bits per heavy atom. The summed E-state index contributed by atoms with van der Waals surface area (Å²) in [5.74, 6) is 0. The Labute approximate surface area is 126 Å². The van der Waals surface area contributed by atoms with E-state index < -0.39 is 0 Å². The van der Waals surface area contributed by atoms with Crippen molar-refractivity contribution in [3.63, 3.8) is 0 Å². The van der Waals surface area contributed by atoms with Crippen molar-refractivity contribution in [1.29, 1.82) is 0 Å². The van der Waals surface area contributed by atoms with Crippen LogP contribution in [-0.2, 0) is 13.0 Å². The van der Waals surface area contributed by atoms with Crippen LogP contribution in [0.5, 0.6) is 0 Å². The summed E-state index contributed by atoms with van der Waals surface area (Å²) in [4.78, 5) is 0. The summed E-state index contributed by atoms with van der Waals surface area (Å²) in [6.45, 7) is 7.05. The van der Waals surface area contributed by atoms with Crippen LogP contribution in [0.25, 0.3) is 17.0 Å². The molecule has 0 N–H and O–H groups in total. The molecule has 0 amide bonds. The van der Waals surface area contributed by atoms with Gasteiger partial charge in [-0.15, -0.1) is 0 Å². The van der Waals surface area contributed by atoms with Crippen molar-refractivity contribution in [2.24, 2.45) is 0 Å². The van der Waals surface area contributed by atoms with Crippen molar-refractivity contribution >= 4 is 17.0 Å². The predicted molar refractivity (Wildman–Crippen MR) is 91.6 cm³/mol. The fraction of sp³-hybridized carbons (Fsp3) is 0.200. The topological polar surface area (TPSA) is 4.93 Å². The molecule has 1 nitrogen and oxygen atoms in total. The van der Waals surface area contributed by atoms with Crippen LogP contribution in [0, 0.1) is 0 Å². The Morgan fingerprint density at radius 1 is 1.00 bits per heavy atom. The summed E-state index contributed by atoms with van der Waals surface area (Å²) in [5, 5.41) is 1.27. The highest BCUT2D eigenvalue weighted by molar-refractivity contribution is 5.83. The van der Waals surface area contributed by atoms with Gasteiger partial charge in [0, 0.05) is 23.1 Å². The van der Waals surface area contributed by atoms with Gasteiger partial charge >= 0.3 is 0 Å². The van der Waals surface area contributed by atoms with Gasteiger partial charge in [0.15, 0.2) is 0 Å². The zero-order valence-corrected chi connectivity index (χ0v) is 12.5. The summed E-state index contributed by atoms with van der Waals surface area (Å²) in [6, 6.07) is 19.7. The number of aryl methyl sites for hydroxylation is 1. The predicted octanol–water partition coefficient (Wildman–Crippen LogP) is 5.29. The quantitative estimate of drug-likeness (QED) is 0.596. The van der Waals surface area contributed by atoms with E-state index in [0.717, 1.165) is 13.0 Å². The van der Waals surface area contributed by atoms with Gasteiger partial charge in [-0.2, -0.15) is 0 Å². The van der Waals surface area contributed by atoms with Gasteiger partial charge < -0.3 is 4.57 Å². The van der Waals surface area contributed by atoms with E-state index in [1.165, 1.54) is 34.1 Å². The first-order chi connectivity index (χ1) is 10.3. The second kappa shape index (κ2) is 6.01. The van der Waals surface area contributed by atoms with Crippen LogP contribution in [0.1, 0.15) is 30.2 Å². The summed E-state index contributed by atoms with van der Waals surface area (Å²) in [6.07, 6.45) is 4.29. The monoisotopic (exact) mass is 275 g/mol. The van der Waals surface area contributed by atoms with Crippen molar-refractivity contribution < 1.29 is 0 Å². The van der Waals surface area contributed by atoms with Gasteiger partial charge in [0.05, 0.1) is 0 Å². The van der Waals surface area contributed by atoms with Crippen LogP contribution in [-0.4, -0.2) is 4.57 Å². The molecule has 3 rings (SSSR count). The minimum absolute atomic E-state index is 0.890. The molecule has 0 aliphatic carbocycles. The van der Waals surface area contributed by atoms with Crippen LogP contribution in [0.3, 0.4) is 0 Å². The third-order valence-electron chi connectivity index (χ3n) is 3.95. The van der Waals surface area contributed by atoms with Crippen molar-refractivity contribution in [1.82, 2.24) is 4.57 Å². The Bertz CT molecular complexity index is 747. The van der Waals surface area contributed by atoms with E-state index in [-0.39, 0.29) is 0 Å². The average Bonchev–Trinajstić information content (AvgIpc) is 2.87. The number of benzene rings is 2. The van der Waals surface area contributed by atoms with Gasteiger partial charge in [0.1, 0.15) is 0 Å². The lowest BCUT2D eigenvalue weighted by atomic mass is 10.1. The summed E-state index contributed by atoms with van der Waals surface area (Å²) in [7, 11) is 0. The molecule has 1 heteroatoms. The summed E-state index contributed by atoms with van der Waals surface area (Å²) >= 11 is 0. The van der Waals surface area contributed by atoms with E-state index in [1.54, 1.807) is 0 Å².